The van der Waals surface area contributed by atoms with Crippen molar-refractivity contribution in [2.45, 2.75) is 31.5 Å². The third-order valence-electron chi connectivity index (χ3n) is 3.57. The molecule has 2 rings (SSSR count). The van der Waals surface area contributed by atoms with Crippen LogP contribution in [0.4, 0.5) is 0 Å². The lowest BCUT2D eigenvalue weighted by atomic mass is 10.2. The van der Waals surface area contributed by atoms with Gasteiger partial charge in [0.1, 0.15) is 6.10 Å². The minimum Gasteiger partial charge on any atom is -0.493 e. The summed E-state index contributed by atoms with van der Waals surface area (Å²) in [6.45, 7) is 0. The molecule has 0 aliphatic heterocycles. The molecule has 1 aromatic carbocycles. The minimum atomic E-state index is -0.361. The number of hydrogen-bond acceptors (Lipinski definition) is 5. The van der Waals surface area contributed by atoms with Gasteiger partial charge < -0.3 is 18.9 Å². The van der Waals surface area contributed by atoms with Crippen LogP contribution in [0.25, 0.3) is 0 Å². The summed E-state index contributed by atoms with van der Waals surface area (Å²) in [6, 6.07) is 4.98. The van der Waals surface area contributed by atoms with Gasteiger partial charge in [-0.2, -0.15) is 0 Å². The van der Waals surface area contributed by atoms with Gasteiger partial charge in [0.25, 0.3) is 0 Å². The number of carbonyl (C=O) groups is 1. The summed E-state index contributed by atoms with van der Waals surface area (Å²) in [6.07, 6.45) is 2.63. The van der Waals surface area contributed by atoms with Gasteiger partial charge >= 0.3 is 5.97 Å². The molecule has 5 heteroatoms. The molecule has 0 bridgehead atoms. The van der Waals surface area contributed by atoms with Gasteiger partial charge in [-0.15, -0.1) is 0 Å². The molecule has 20 heavy (non-hydrogen) atoms. The van der Waals surface area contributed by atoms with Crippen LogP contribution in [0.2, 0.25) is 0 Å². The van der Waals surface area contributed by atoms with Crippen molar-refractivity contribution in [3.8, 4) is 11.5 Å². The summed E-state index contributed by atoms with van der Waals surface area (Å²) >= 11 is 0. The van der Waals surface area contributed by atoms with Crippen molar-refractivity contribution in [2.24, 2.45) is 0 Å². The predicted molar refractivity (Wildman–Crippen MR) is 73.4 cm³/mol. The molecule has 0 saturated heterocycles. The molecular weight excluding hydrogens is 260 g/mol. The second-order valence-corrected chi connectivity index (χ2v) is 4.72. The Kier molecular flexibility index (Phi) is 4.84. The van der Waals surface area contributed by atoms with E-state index in [9.17, 15) is 4.79 Å². The zero-order valence-electron chi connectivity index (χ0n) is 12.0. The highest BCUT2D eigenvalue weighted by atomic mass is 16.6. The highest BCUT2D eigenvalue weighted by molar-refractivity contribution is 5.90. The quantitative estimate of drug-likeness (QED) is 0.775. The van der Waals surface area contributed by atoms with E-state index < -0.39 is 0 Å². The first-order valence-electron chi connectivity index (χ1n) is 6.65. The largest absolute Gasteiger partial charge is 0.493 e. The SMILES string of the molecule is COc1ccc(C(=O)O[C@H]2CCC[C@H]2OC)cc1OC. The standard InChI is InChI=1S/C15H20O5/c1-17-11-5-4-6-13(11)20-15(16)10-7-8-12(18-2)14(9-10)19-3/h7-9,11,13H,4-6H2,1-3H3/t11-,13+/m1/s1. The van der Waals surface area contributed by atoms with Crippen LogP contribution in [-0.2, 0) is 9.47 Å². The molecule has 1 aliphatic rings. The number of rotatable bonds is 5. The summed E-state index contributed by atoms with van der Waals surface area (Å²) in [4.78, 5) is 12.2. The maximum Gasteiger partial charge on any atom is 0.338 e. The first-order chi connectivity index (χ1) is 9.69. The summed E-state index contributed by atoms with van der Waals surface area (Å²) in [7, 11) is 4.73. The van der Waals surface area contributed by atoms with Crippen LogP contribution in [0.3, 0.4) is 0 Å². The van der Waals surface area contributed by atoms with Gasteiger partial charge in [-0.1, -0.05) is 0 Å². The summed E-state index contributed by atoms with van der Waals surface area (Å²) in [5, 5.41) is 0. The van der Waals surface area contributed by atoms with Gasteiger partial charge in [0.2, 0.25) is 0 Å². The van der Waals surface area contributed by atoms with E-state index in [1.165, 1.54) is 7.11 Å². The molecule has 1 aliphatic carbocycles. The van der Waals surface area contributed by atoms with E-state index in [1.54, 1.807) is 32.4 Å². The van der Waals surface area contributed by atoms with Crippen molar-refractivity contribution >= 4 is 5.97 Å². The number of benzene rings is 1. The molecule has 0 unspecified atom stereocenters. The van der Waals surface area contributed by atoms with Gasteiger partial charge in [-0.3, -0.25) is 0 Å². The van der Waals surface area contributed by atoms with E-state index in [-0.39, 0.29) is 18.2 Å². The lowest BCUT2D eigenvalue weighted by Gasteiger charge is -2.19. The first kappa shape index (κ1) is 14.7. The number of methoxy groups -OCH3 is 3. The van der Waals surface area contributed by atoms with Crippen molar-refractivity contribution in [3.05, 3.63) is 23.8 Å². The van der Waals surface area contributed by atoms with Crippen molar-refractivity contribution in [3.63, 3.8) is 0 Å². The summed E-state index contributed by atoms with van der Waals surface area (Å²) < 4.78 is 21.2. The average Bonchev–Trinajstić information content (AvgIpc) is 2.93. The summed E-state index contributed by atoms with van der Waals surface area (Å²) in [5.41, 5.74) is 0.449. The number of ether oxygens (including phenoxy) is 4. The normalized spacial score (nSPS) is 21.6. The Balaban J connectivity index is 2.09. The Hall–Kier alpha value is -1.75. The molecule has 1 saturated carbocycles. The monoisotopic (exact) mass is 280 g/mol. The topological polar surface area (TPSA) is 54.0 Å². The zero-order chi connectivity index (χ0) is 14.5. The highest BCUT2D eigenvalue weighted by Gasteiger charge is 2.30. The molecule has 0 heterocycles. The van der Waals surface area contributed by atoms with Crippen molar-refractivity contribution in [1.82, 2.24) is 0 Å². The van der Waals surface area contributed by atoms with Crippen LogP contribution in [0, 0.1) is 0 Å². The Labute approximate surface area is 118 Å². The van der Waals surface area contributed by atoms with Crippen LogP contribution in [0.15, 0.2) is 18.2 Å². The predicted octanol–water partition coefficient (Wildman–Crippen LogP) is 2.43. The third kappa shape index (κ3) is 3.04. The fraction of sp³-hybridized carbons (Fsp3) is 0.533. The smallest absolute Gasteiger partial charge is 0.338 e. The number of esters is 1. The molecule has 110 valence electrons. The van der Waals surface area contributed by atoms with Crippen LogP contribution < -0.4 is 9.47 Å². The van der Waals surface area contributed by atoms with Crippen LogP contribution >= 0.6 is 0 Å². The summed E-state index contributed by atoms with van der Waals surface area (Å²) in [5.74, 6) is 0.733. The second kappa shape index (κ2) is 6.61. The molecule has 0 spiro atoms. The average molecular weight is 280 g/mol. The molecule has 1 fully saturated rings. The van der Waals surface area contributed by atoms with E-state index in [1.807, 2.05) is 0 Å². The molecular formula is C15H20O5. The third-order valence-corrected chi connectivity index (χ3v) is 3.57. The highest BCUT2D eigenvalue weighted by Crippen LogP contribution is 2.29. The molecule has 0 N–H and O–H groups in total. The van der Waals surface area contributed by atoms with Gasteiger partial charge in [-0.25, -0.2) is 4.79 Å². The van der Waals surface area contributed by atoms with Crippen LogP contribution in [0.5, 0.6) is 11.5 Å². The number of carbonyl (C=O) groups excluding carboxylic acids is 1. The molecule has 1 aromatic rings. The van der Waals surface area contributed by atoms with E-state index >= 15 is 0 Å². The van der Waals surface area contributed by atoms with E-state index in [2.05, 4.69) is 0 Å². The fourth-order valence-electron chi connectivity index (χ4n) is 2.47. The van der Waals surface area contributed by atoms with Gasteiger partial charge in [-0.05, 0) is 37.5 Å². The molecule has 0 amide bonds. The Morgan fingerprint density at radius 1 is 1.05 bits per heavy atom. The van der Waals surface area contributed by atoms with E-state index in [0.29, 0.717) is 17.1 Å². The molecule has 0 aromatic heterocycles. The first-order valence-corrected chi connectivity index (χ1v) is 6.65. The number of hydrogen-bond donors (Lipinski definition) is 0. The molecule has 2 atom stereocenters. The Morgan fingerprint density at radius 2 is 1.75 bits per heavy atom. The van der Waals surface area contributed by atoms with Gasteiger partial charge in [0, 0.05) is 7.11 Å². The van der Waals surface area contributed by atoms with Crippen LogP contribution in [0.1, 0.15) is 29.6 Å². The van der Waals surface area contributed by atoms with E-state index in [4.69, 9.17) is 18.9 Å². The maximum atomic E-state index is 12.2. The zero-order valence-corrected chi connectivity index (χ0v) is 12.0. The minimum absolute atomic E-state index is 0.000839. The molecule has 0 radical (unpaired) electrons. The van der Waals surface area contributed by atoms with Gasteiger partial charge in [0.15, 0.2) is 11.5 Å². The van der Waals surface area contributed by atoms with Crippen LogP contribution in [-0.4, -0.2) is 39.5 Å². The Morgan fingerprint density at radius 3 is 2.40 bits per heavy atom. The lowest BCUT2D eigenvalue weighted by Crippen LogP contribution is -2.27. The van der Waals surface area contributed by atoms with Crippen molar-refractivity contribution in [1.29, 1.82) is 0 Å². The Bertz CT molecular complexity index is 471. The van der Waals surface area contributed by atoms with Gasteiger partial charge in [0.05, 0.1) is 25.9 Å². The lowest BCUT2D eigenvalue weighted by molar-refractivity contribution is -0.0206. The molecule has 5 nitrogen and oxygen atoms in total. The maximum absolute atomic E-state index is 12.2. The van der Waals surface area contributed by atoms with Crippen molar-refractivity contribution < 1.29 is 23.7 Å². The fourth-order valence-corrected chi connectivity index (χ4v) is 2.47. The van der Waals surface area contributed by atoms with E-state index in [0.717, 1.165) is 19.3 Å². The second-order valence-electron chi connectivity index (χ2n) is 4.72. The van der Waals surface area contributed by atoms with Crippen molar-refractivity contribution in [2.75, 3.05) is 21.3 Å².